The predicted molar refractivity (Wildman–Crippen MR) is 75.2 cm³/mol. The van der Waals surface area contributed by atoms with Gasteiger partial charge >= 0.3 is 0 Å². The number of nitrogens with zero attached hydrogens (tertiary/aromatic N) is 3. The van der Waals surface area contributed by atoms with Gasteiger partial charge in [-0.3, -0.25) is 9.88 Å². The number of nitrogen functional groups attached to an aromatic ring is 1. The van der Waals surface area contributed by atoms with E-state index in [1.54, 1.807) is 12.4 Å². The number of nitrogens with two attached hydrogens (primary N) is 1. The van der Waals surface area contributed by atoms with Gasteiger partial charge in [-0.25, -0.2) is 0 Å². The molecule has 2 unspecified atom stereocenters. The number of rotatable bonds is 1. The highest BCUT2D eigenvalue weighted by Crippen LogP contribution is 2.33. The molecule has 0 radical (unpaired) electrons. The van der Waals surface area contributed by atoms with Gasteiger partial charge in [0.2, 0.25) is 0 Å². The summed E-state index contributed by atoms with van der Waals surface area (Å²) in [6.07, 6.45) is 3.52. The fourth-order valence-corrected chi connectivity index (χ4v) is 2.96. The van der Waals surface area contributed by atoms with Crippen molar-refractivity contribution in [1.29, 1.82) is 0 Å². The van der Waals surface area contributed by atoms with Gasteiger partial charge in [-0.2, -0.15) is 0 Å². The first-order valence-electron chi connectivity index (χ1n) is 5.86. The van der Waals surface area contributed by atoms with Crippen molar-refractivity contribution in [3.63, 3.8) is 0 Å². The molecule has 5 heteroatoms. The lowest BCUT2D eigenvalue weighted by molar-refractivity contribution is 0.170. The number of anilines is 2. The van der Waals surface area contributed by atoms with E-state index in [0.29, 0.717) is 12.1 Å². The molecule has 1 aromatic heterocycles. The van der Waals surface area contributed by atoms with Crippen molar-refractivity contribution < 1.29 is 0 Å². The second-order valence-electron chi connectivity index (χ2n) is 4.83. The van der Waals surface area contributed by atoms with E-state index in [4.69, 9.17) is 5.73 Å². The summed E-state index contributed by atoms with van der Waals surface area (Å²) in [5.41, 5.74) is 7.84. The summed E-state index contributed by atoms with van der Waals surface area (Å²) >= 11 is 3.54. The summed E-state index contributed by atoms with van der Waals surface area (Å²) in [6.45, 7) is 6.48. The van der Waals surface area contributed by atoms with Gasteiger partial charge in [-0.1, -0.05) is 0 Å². The molecule has 1 aromatic rings. The Hall–Kier alpha value is -0.810. The molecule has 2 N–H and O–H groups in total. The third-order valence-corrected chi connectivity index (χ3v) is 4.16. The predicted octanol–water partition coefficient (Wildman–Crippen LogP) is 1.96. The third-order valence-electron chi connectivity index (χ3n) is 3.58. The van der Waals surface area contributed by atoms with E-state index in [2.05, 4.69) is 51.6 Å². The van der Waals surface area contributed by atoms with Crippen LogP contribution in [-0.2, 0) is 0 Å². The van der Waals surface area contributed by atoms with Crippen LogP contribution in [0.5, 0.6) is 0 Å². The molecule has 2 heterocycles. The maximum absolute atomic E-state index is 6.03. The lowest BCUT2D eigenvalue weighted by Crippen LogP contribution is -2.55. The summed E-state index contributed by atoms with van der Waals surface area (Å²) in [7, 11) is 2.18. The van der Waals surface area contributed by atoms with Crippen molar-refractivity contribution in [1.82, 2.24) is 9.88 Å². The molecule has 1 aliphatic rings. The summed E-state index contributed by atoms with van der Waals surface area (Å²) < 4.78 is 0.974. The van der Waals surface area contributed by atoms with Gasteiger partial charge in [0.05, 0.1) is 22.0 Å². The number of aromatic nitrogens is 1. The highest BCUT2D eigenvalue weighted by Gasteiger charge is 2.28. The Balaban J connectivity index is 2.29. The molecule has 94 valence electrons. The molecule has 1 saturated heterocycles. The Morgan fingerprint density at radius 3 is 2.41 bits per heavy atom. The molecule has 2 atom stereocenters. The van der Waals surface area contributed by atoms with Gasteiger partial charge in [0.15, 0.2) is 0 Å². The highest BCUT2D eigenvalue weighted by atomic mass is 79.9. The van der Waals surface area contributed by atoms with Crippen LogP contribution in [0.4, 0.5) is 11.4 Å². The Kier molecular flexibility index (Phi) is 3.58. The maximum atomic E-state index is 6.03. The monoisotopic (exact) mass is 298 g/mol. The second-order valence-corrected chi connectivity index (χ2v) is 5.68. The molecule has 1 aliphatic heterocycles. The van der Waals surface area contributed by atoms with Gasteiger partial charge in [-0.15, -0.1) is 0 Å². The average molecular weight is 299 g/mol. The van der Waals surface area contributed by atoms with E-state index in [1.807, 2.05) is 0 Å². The molecule has 0 amide bonds. The topological polar surface area (TPSA) is 45.4 Å². The van der Waals surface area contributed by atoms with E-state index in [1.165, 1.54) is 0 Å². The zero-order valence-electron chi connectivity index (χ0n) is 10.5. The minimum absolute atomic E-state index is 0.526. The first-order valence-corrected chi connectivity index (χ1v) is 6.66. The molecule has 0 bridgehead atoms. The first-order chi connectivity index (χ1) is 8.00. The molecule has 17 heavy (non-hydrogen) atoms. The van der Waals surface area contributed by atoms with Crippen LogP contribution < -0.4 is 10.6 Å². The standard InChI is InChI=1S/C12H19BrN4/c1-8-6-17(7-9(2)16(8)3)12-10(13)4-15-5-11(12)14/h4-5,8-9H,6-7,14H2,1-3H3. The molecule has 2 rings (SSSR count). The number of hydrogen-bond acceptors (Lipinski definition) is 4. The van der Waals surface area contributed by atoms with Gasteiger partial charge in [0.1, 0.15) is 0 Å². The van der Waals surface area contributed by atoms with Gasteiger partial charge < -0.3 is 10.6 Å². The summed E-state index contributed by atoms with van der Waals surface area (Å²) in [4.78, 5) is 8.83. The van der Waals surface area contributed by atoms with Gasteiger partial charge in [-0.05, 0) is 36.8 Å². The zero-order valence-corrected chi connectivity index (χ0v) is 12.1. The van der Waals surface area contributed by atoms with Crippen LogP contribution in [0.3, 0.4) is 0 Å². The molecule has 4 nitrogen and oxygen atoms in total. The normalized spacial score (nSPS) is 26.2. The fraction of sp³-hybridized carbons (Fsp3) is 0.583. The lowest BCUT2D eigenvalue weighted by atomic mass is 10.1. The number of pyridine rings is 1. The van der Waals surface area contributed by atoms with Crippen LogP contribution in [0.15, 0.2) is 16.9 Å². The number of piperazine rings is 1. The van der Waals surface area contributed by atoms with Gasteiger partial charge in [0.25, 0.3) is 0 Å². The molecule has 1 fully saturated rings. The van der Waals surface area contributed by atoms with Crippen LogP contribution in [0.1, 0.15) is 13.8 Å². The van der Waals surface area contributed by atoms with Crippen molar-refractivity contribution >= 4 is 27.3 Å². The van der Waals surface area contributed by atoms with E-state index in [9.17, 15) is 0 Å². The average Bonchev–Trinajstić information content (AvgIpc) is 2.25. The fourth-order valence-electron chi connectivity index (χ4n) is 2.36. The molecular formula is C12H19BrN4. The van der Waals surface area contributed by atoms with E-state index in [-0.39, 0.29) is 0 Å². The molecular weight excluding hydrogens is 280 g/mol. The molecule has 0 saturated carbocycles. The summed E-state index contributed by atoms with van der Waals surface area (Å²) in [5, 5.41) is 0. The Bertz CT molecular complexity index is 377. The number of likely N-dealkylation sites (N-methyl/N-ethyl adjacent to an activating group) is 1. The quantitative estimate of drug-likeness (QED) is 0.861. The summed E-state index contributed by atoms with van der Waals surface area (Å²) in [6, 6.07) is 1.05. The van der Waals surface area contributed by atoms with Crippen molar-refractivity contribution in [3.8, 4) is 0 Å². The van der Waals surface area contributed by atoms with Crippen LogP contribution in [0.2, 0.25) is 0 Å². The van der Waals surface area contributed by atoms with Crippen molar-refractivity contribution in [3.05, 3.63) is 16.9 Å². The van der Waals surface area contributed by atoms with Crippen molar-refractivity contribution in [2.75, 3.05) is 30.8 Å². The van der Waals surface area contributed by atoms with Crippen LogP contribution in [-0.4, -0.2) is 42.1 Å². The second kappa shape index (κ2) is 4.82. The Morgan fingerprint density at radius 1 is 1.29 bits per heavy atom. The molecule has 0 aromatic carbocycles. The SMILES string of the molecule is CC1CN(c2c(N)cncc2Br)CC(C)N1C. The van der Waals surface area contributed by atoms with Crippen LogP contribution >= 0.6 is 15.9 Å². The third kappa shape index (κ3) is 2.40. The van der Waals surface area contributed by atoms with Crippen molar-refractivity contribution in [2.24, 2.45) is 0 Å². The zero-order chi connectivity index (χ0) is 12.6. The highest BCUT2D eigenvalue weighted by molar-refractivity contribution is 9.10. The number of halogens is 1. The van der Waals surface area contributed by atoms with Gasteiger partial charge in [0, 0.05) is 31.4 Å². The molecule has 0 spiro atoms. The van der Waals surface area contributed by atoms with Crippen LogP contribution in [0.25, 0.3) is 0 Å². The minimum Gasteiger partial charge on any atom is -0.396 e. The van der Waals surface area contributed by atoms with E-state index < -0.39 is 0 Å². The minimum atomic E-state index is 0.526. The van der Waals surface area contributed by atoms with Crippen LogP contribution in [0, 0.1) is 0 Å². The summed E-state index contributed by atoms with van der Waals surface area (Å²) in [5.74, 6) is 0. The first kappa shape index (κ1) is 12.6. The smallest absolute Gasteiger partial charge is 0.0777 e. The maximum Gasteiger partial charge on any atom is 0.0777 e. The Labute approximate surface area is 111 Å². The van der Waals surface area contributed by atoms with E-state index >= 15 is 0 Å². The number of hydrogen-bond donors (Lipinski definition) is 1. The Morgan fingerprint density at radius 2 is 1.88 bits per heavy atom. The molecule has 0 aliphatic carbocycles. The lowest BCUT2D eigenvalue weighted by Gasteiger charge is -2.44. The largest absolute Gasteiger partial charge is 0.396 e. The van der Waals surface area contributed by atoms with E-state index in [0.717, 1.165) is 28.9 Å². The van der Waals surface area contributed by atoms with Crippen molar-refractivity contribution in [2.45, 2.75) is 25.9 Å².